The number of aromatic nitrogens is 1. The van der Waals surface area contributed by atoms with Gasteiger partial charge in [0.25, 0.3) is 5.91 Å². The first kappa shape index (κ1) is 15.4. The normalized spacial score (nSPS) is 13.7. The van der Waals surface area contributed by atoms with Gasteiger partial charge in [-0.1, -0.05) is 6.92 Å². The van der Waals surface area contributed by atoms with Crippen molar-refractivity contribution in [2.24, 2.45) is 5.73 Å². The van der Waals surface area contributed by atoms with Crippen molar-refractivity contribution in [1.29, 1.82) is 0 Å². The molecule has 1 rings (SSSR count). The van der Waals surface area contributed by atoms with Gasteiger partial charge in [-0.2, -0.15) is 0 Å². The summed E-state index contributed by atoms with van der Waals surface area (Å²) in [5.74, 6) is -0.0966. The average Bonchev–Trinajstić information content (AvgIpc) is 2.38. The fraction of sp³-hybridized carbons (Fsp3) is 0.571. The Morgan fingerprint density at radius 2 is 2.21 bits per heavy atom. The van der Waals surface area contributed by atoms with Crippen LogP contribution in [-0.2, 0) is 0 Å². The molecule has 0 bridgehead atoms. The molecule has 5 nitrogen and oxygen atoms in total. The number of carbonyl (C=O) groups is 1. The molecule has 0 aliphatic heterocycles. The molecule has 1 unspecified atom stereocenters. The lowest BCUT2D eigenvalue weighted by atomic mass is 9.94. The summed E-state index contributed by atoms with van der Waals surface area (Å²) in [6.45, 7) is 4.88. The van der Waals surface area contributed by atoms with E-state index in [2.05, 4.69) is 24.1 Å². The number of nitrogens with two attached hydrogens (primary N) is 1. The predicted molar refractivity (Wildman–Crippen MR) is 78.2 cm³/mol. The first-order valence-electron chi connectivity index (χ1n) is 6.58. The molecule has 1 heterocycles. The average molecular weight is 264 g/mol. The maximum absolute atomic E-state index is 11.9. The smallest absolute Gasteiger partial charge is 0.272 e. The van der Waals surface area contributed by atoms with Crippen LogP contribution < -0.4 is 11.1 Å². The van der Waals surface area contributed by atoms with Gasteiger partial charge in [-0.15, -0.1) is 0 Å². The van der Waals surface area contributed by atoms with E-state index in [0.717, 1.165) is 18.5 Å². The van der Waals surface area contributed by atoms with Crippen molar-refractivity contribution in [1.82, 2.24) is 9.88 Å². The Labute approximate surface area is 115 Å². The number of nitrogens with zero attached hydrogens (tertiary/aromatic N) is 2. The van der Waals surface area contributed by atoms with Crippen LogP contribution in [0.4, 0.5) is 5.69 Å². The molecule has 0 spiro atoms. The second-order valence-electron chi connectivity index (χ2n) is 5.21. The van der Waals surface area contributed by atoms with Gasteiger partial charge in [0.05, 0.1) is 0 Å². The van der Waals surface area contributed by atoms with Crippen molar-refractivity contribution < 1.29 is 4.79 Å². The number of hydrogen-bond donors (Lipinski definition) is 2. The number of hydrogen-bond acceptors (Lipinski definition) is 4. The van der Waals surface area contributed by atoms with Crippen molar-refractivity contribution in [3.8, 4) is 0 Å². The van der Waals surface area contributed by atoms with E-state index in [-0.39, 0.29) is 11.4 Å². The highest BCUT2D eigenvalue weighted by Gasteiger charge is 2.21. The monoisotopic (exact) mass is 264 g/mol. The first-order chi connectivity index (χ1) is 8.91. The van der Waals surface area contributed by atoms with Crippen LogP contribution in [0.3, 0.4) is 0 Å². The standard InChI is InChI=1S/C14H24N4O/c1-5-14(2,7-8-15)17-11-6-9-16-12(10-11)13(19)18(3)4/h6,9-10H,5,7-8,15H2,1-4H3,(H,16,17). The summed E-state index contributed by atoms with van der Waals surface area (Å²) in [6.07, 6.45) is 3.49. The van der Waals surface area contributed by atoms with Crippen molar-refractivity contribution >= 4 is 11.6 Å². The highest BCUT2D eigenvalue weighted by atomic mass is 16.2. The Kier molecular flexibility index (Phi) is 5.30. The van der Waals surface area contributed by atoms with Crippen LogP contribution in [0.5, 0.6) is 0 Å². The maximum atomic E-state index is 11.9. The molecule has 1 atom stereocenters. The Balaban J connectivity index is 2.90. The van der Waals surface area contributed by atoms with E-state index in [1.807, 2.05) is 6.07 Å². The molecular weight excluding hydrogens is 240 g/mol. The van der Waals surface area contributed by atoms with Gasteiger partial charge in [-0.25, -0.2) is 0 Å². The number of nitrogens with one attached hydrogen (secondary N) is 1. The maximum Gasteiger partial charge on any atom is 0.272 e. The molecule has 0 aliphatic rings. The number of pyridine rings is 1. The van der Waals surface area contributed by atoms with Gasteiger partial charge in [-0.3, -0.25) is 9.78 Å². The highest BCUT2D eigenvalue weighted by molar-refractivity contribution is 5.92. The Bertz CT molecular complexity index is 433. The zero-order chi connectivity index (χ0) is 14.5. The Morgan fingerprint density at radius 1 is 1.53 bits per heavy atom. The molecule has 1 aromatic rings. The lowest BCUT2D eigenvalue weighted by Gasteiger charge is -2.30. The van der Waals surface area contributed by atoms with Gasteiger partial charge < -0.3 is 16.0 Å². The largest absolute Gasteiger partial charge is 0.380 e. The van der Waals surface area contributed by atoms with E-state index in [1.165, 1.54) is 4.90 Å². The second kappa shape index (κ2) is 6.52. The summed E-state index contributed by atoms with van der Waals surface area (Å²) in [6, 6.07) is 3.66. The molecule has 0 fully saturated rings. The summed E-state index contributed by atoms with van der Waals surface area (Å²) in [7, 11) is 3.43. The number of amides is 1. The summed E-state index contributed by atoms with van der Waals surface area (Å²) < 4.78 is 0. The minimum Gasteiger partial charge on any atom is -0.380 e. The van der Waals surface area contributed by atoms with Crippen LogP contribution >= 0.6 is 0 Å². The van der Waals surface area contributed by atoms with Crippen LogP contribution in [0.1, 0.15) is 37.2 Å². The zero-order valence-corrected chi connectivity index (χ0v) is 12.2. The molecule has 1 aromatic heterocycles. The zero-order valence-electron chi connectivity index (χ0n) is 12.2. The molecule has 0 aromatic carbocycles. The van der Waals surface area contributed by atoms with Crippen molar-refractivity contribution in [3.63, 3.8) is 0 Å². The predicted octanol–water partition coefficient (Wildman–Crippen LogP) is 1.71. The van der Waals surface area contributed by atoms with E-state index in [4.69, 9.17) is 5.73 Å². The molecule has 5 heteroatoms. The molecule has 3 N–H and O–H groups in total. The van der Waals surface area contributed by atoms with E-state index in [0.29, 0.717) is 12.2 Å². The Morgan fingerprint density at radius 3 is 2.74 bits per heavy atom. The van der Waals surface area contributed by atoms with Gasteiger partial charge in [0.1, 0.15) is 5.69 Å². The molecular formula is C14H24N4O. The number of anilines is 1. The molecule has 19 heavy (non-hydrogen) atoms. The van der Waals surface area contributed by atoms with Gasteiger partial charge in [0, 0.05) is 31.5 Å². The Hall–Kier alpha value is -1.62. The summed E-state index contributed by atoms with van der Waals surface area (Å²) >= 11 is 0. The third-order valence-corrected chi connectivity index (χ3v) is 3.31. The summed E-state index contributed by atoms with van der Waals surface area (Å²) in [4.78, 5) is 17.5. The fourth-order valence-corrected chi connectivity index (χ4v) is 1.85. The van der Waals surface area contributed by atoms with E-state index in [1.54, 1.807) is 26.4 Å². The molecule has 0 saturated carbocycles. The van der Waals surface area contributed by atoms with Crippen molar-refractivity contribution in [2.45, 2.75) is 32.2 Å². The van der Waals surface area contributed by atoms with Gasteiger partial charge in [0.2, 0.25) is 0 Å². The van der Waals surface area contributed by atoms with Gasteiger partial charge >= 0.3 is 0 Å². The molecule has 106 valence electrons. The third kappa shape index (κ3) is 4.21. The number of carbonyl (C=O) groups excluding carboxylic acids is 1. The van der Waals surface area contributed by atoms with E-state index in [9.17, 15) is 4.79 Å². The lowest BCUT2D eigenvalue weighted by molar-refractivity contribution is 0.0822. The topological polar surface area (TPSA) is 71.2 Å². The molecule has 0 aliphatic carbocycles. The van der Waals surface area contributed by atoms with Gasteiger partial charge in [-0.05, 0) is 38.4 Å². The van der Waals surface area contributed by atoms with Crippen LogP contribution in [0, 0.1) is 0 Å². The van der Waals surface area contributed by atoms with E-state index < -0.39 is 0 Å². The first-order valence-corrected chi connectivity index (χ1v) is 6.58. The molecule has 0 saturated heterocycles. The van der Waals surface area contributed by atoms with Crippen LogP contribution in [0.15, 0.2) is 18.3 Å². The van der Waals surface area contributed by atoms with Crippen LogP contribution in [-0.4, -0.2) is 42.0 Å². The van der Waals surface area contributed by atoms with Gasteiger partial charge in [0.15, 0.2) is 0 Å². The lowest BCUT2D eigenvalue weighted by Crippen LogP contribution is -2.36. The molecule has 1 amide bonds. The quantitative estimate of drug-likeness (QED) is 0.820. The fourth-order valence-electron chi connectivity index (χ4n) is 1.85. The minimum atomic E-state index is -0.0966. The third-order valence-electron chi connectivity index (χ3n) is 3.31. The highest BCUT2D eigenvalue weighted by Crippen LogP contribution is 2.21. The number of rotatable bonds is 6. The van der Waals surface area contributed by atoms with Crippen LogP contribution in [0.2, 0.25) is 0 Å². The molecule has 0 radical (unpaired) electrons. The minimum absolute atomic E-state index is 0.0610. The SMILES string of the molecule is CCC(C)(CCN)Nc1ccnc(C(=O)N(C)C)c1. The van der Waals surface area contributed by atoms with E-state index >= 15 is 0 Å². The van der Waals surface area contributed by atoms with Crippen LogP contribution in [0.25, 0.3) is 0 Å². The second-order valence-corrected chi connectivity index (χ2v) is 5.21. The van der Waals surface area contributed by atoms with Crippen molar-refractivity contribution in [3.05, 3.63) is 24.0 Å². The van der Waals surface area contributed by atoms with Crippen molar-refractivity contribution in [2.75, 3.05) is 26.0 Å². The summed E-state index contributed by atoms with van der Waals surface area (Å²) in [5, 5.41) is 3.45. The summed E-state index contributed by atoms with van der Waals surface area (Å²) in [5.41, 5.74) is 6.93.